The molecule has 3 rings (SSSR count). The SMILES string of the molecule is Cc1ccc(N)cc1S(=O)(=O)N1CC2CCCN2CC1C. The van der Waals surface area contributed by atoms with Crippen molar-refractivity contribution >= 4 is 15.7 Å². The van der Waals surface area contributed by atoms with Crippen LogP contribution in [0.5, 0.6) is 0 Å². The van der Waals surface area contributed by atoms with Gasteiger partial charge >= 0.3 is 0 Å². The van der Waals surface area contributed by atoms with Crippen molar-refractivity contribution in [2.24, 2.45) is 0 Å². The molecule has 0 saturated carbocycles. The molecule has 0 radical (unpaired) electrons. The maximum absolute atomic E-state index is 13.0. The summed E-state index contributed by atoms with van der Waals surface area (Å²) < 4.78 is 27.7. The van der Waals surface area contributed by atoms with E-state index in [4.69, 9.17) is 5.73 Å². The van der Waals surface area contributed by atoms with Gasteiger partial charge in [-0.3, -0.25) is 4.90 Å². The van der Waals surface area contributed by atoms with Crippen LogP contribution in [-0.2, 0) is 10.0 Å². The van der Waals surface area contributed by atoms with E-state index >= 15 is 0 Å². The standard InChI is InChI=1S/C15H23N3O2S/c1-11-5-6-13(16)8-15(11)21(19,20)18-10-14-4-3-7-17(14)9-12(18)2/h5-6,8,12,14H,3-4,7,9-10,16H2,1-2H3. The Kier molecular flexibility index (Phi) is 3.71. The first-order chi connectivity index (χ1) is 9.89. The van der Waals surface area contributed by atoms with E-state index in [-0.39, 0.29) is 6.04 Å². The van der Waals surface area contributed by atoms with Crippen LogP contribution in [-0.4, -0.2) is 49.3 Å². The van der Waals surface area contributed by atoms with Crippen LogP contribution in [0.4, 0.5) is 5.69 Å². The monoisotopic (exact) mass is 309 g/mol. The number of aryl methyl sites for hydroxylation is 1. The van der Waals surface area contributed by atoms with E-state index in [0.29, 0.717) is 23.2 Å². The molecule has 2 aliphatic rings. The number of rotatable bonds is 2. The molecule has 2 saturated heterocycles. The predicted molar refractivity (Wildman–Crippen MR) is 83.5 cm³/mol. The smallest absolute Gasteiger partial charge is 0.243 e. The minimum Gasteiger partial charge on any atom is -0.399 e. The maximum atomic E-state index is 13.0. The van der Waals surface area contributed by atoms with Crippen molar-refractivity contribution in [1.82, 2.24) is 9.21 Å². The summed E-state index contributed by atoms with van der Waals surface area (Å²) in [7, 11) is -3.48. The first-order valence-electron chi connectivity index (χ1n) is 7.51. The molecule has 116 valence electrons. The Bertz CT molecular complexity index is 644. The minimum absolute atomic E-state index is 0.00480. The predicted octanol–water partition coefficient (Wildman–Crippen LogP) is 1.43. The first-order valence-corrected chi connectivity index (χ1v) is 8.95. The number of anilines is 1. The Labute approximate surface area is 126 Å². The molecule has 0 amide bonds. The summed E-state index contributed by atoms with van der Waals surface area (Å²) in [5, 5.41) is 0. The molecule has 2 N–H and O–H groups in total. The largest absolute Gasteiger partial charge is 0.399 e. The Morgan fingerprint density at radius 3 is 2.81 bits per heavy atom. The zero-order valence-corrected chi connectivity index (χ0v) is 13.4. The molecule has 1 aromatic rings. The van der Waals surface area contributed by atoms with Gasteiger partial charge in [0.05, 0.1) is 4.90 Å². The van der Waals surface area contributed by atoms with E-state index in [2.05, 4.69) is 4.90 Å². The number of fused-ring (bicyclic) bond motifs is 1. The number of hydrogen-bond donors (Lipinski definition) is 1. The van der Waals surface area contributed by atoms with Crippen LogP contribution in [0.25, 0.3) is 0 Å². The number of sulfonamides is 1. The van der Waals surface area contributed by atoms with E-state index in [0.717, 1.165) is 25.1 Å². The van der Waals surface area contributed by atoms with Crippen molar-refractivity contribution in [1.29, 1.82) is 0 Å². The molecule has 2 fully saturated rings. The second kappa shape index (κ2) is 5.26. The van der Waals surface area contributed by atoms with Gasteiger partial charge in [0, 0.05) is 30.9 Å². The van der Waals surface area contributed by atoms with Crippen molar-refractivity contribution in [2.75, 3.05) is 25.4 Å². The fraction of sp³-hybridized carbons (Fsp3) is 0.600. The van der Waals surface area contributed by atoms with Gasteiger partial charge in [-0.05, 0) is 50.9 Å². The topological polar surface area (TPSA) is 66.6 Å². The average Bonchev–Trinajstić information content (AvgIpc) is 2.87. The Morgan fingerprint density at radius 2 is 2.05 bits per heavy atom. The van der Waals surface area contributed by atoms with Crippen LogP contribution in [0, 0.1) is 6.92 Å². The third kappa shape index (κ3) is 2.56. The highest BCUT2D eigenvalue weighted by molar-refractivity contribution is 7.89. The molecule has 2 heterocycles. The van der Waals surface area contributed by atoms with Gasteiger partial charge in [-0.1, -0.05) is 6.07 Å². The maximum Gasteiger partial charge on any atom is 0.243 e. The van der Waals surface area contributed by atoms with E-state index in [1.165, 1.54) is 6.42 Å². The van der Waals surface area contributed by atoms with Gasteiger partial charge in [-0.15, -0.1) is 0 Å². The van der Waals surface area contributed by atoms with Gasteiger partial charge < -0.3 is 5.73 Å². The van der Waals surface area contributed by atoms with Crippen LogP contribution in [0.2, 0.25) is 0 Å². The second-order valence-corrected chi connectivity index (χ2v) is 8.10. The van der Waals surface area contributed by atoms with Gasteiger partial charge in [0.2, 0.25) is 10.0 Å². The fourth-order valence-electron chi connectivity index (χ4n) is 3.52. The van der Waals surface area contributed by atoms with Gasteiger partial charge in [0.15, 0.2) is 0 Å². The van der Waals surface area contributed by atoms with Gasteiger partial charge in [-0.25, -0.2) is 8.42 Å². The summed E-state index contributed by atoms with van der Waals surface area (Å²) in [4.78, 5) is 2.77. The van der Waals surface area contributed by atoms with Gasteiger partial charge in [0.25, 0.3) is 0 Å². The molecule has 1 aromatic carbocycles. The second-order valence-electron chi connectivity index (χ2n) is 6.24. The van der Waals surface area contributed by atoms with E-state index in [1.54, 1.807) is 22.5 Å². The molecule has 2 atom stereocenters. The number of piperazine rings is 1. The summed E-state index contributed by atoms with van der Waals surface area (Å²) in [6, 6.07) is 5.48. The van der Waals surface area contributed by atoms with Gasteiger partial charge in [-0.2, -0.15) is 4.31 Å². The Balaban J connectivity index is 1.95. The molecule has 21 heavy (non-hydrogen) atoms. The number of hydrogen-bond acceptors (Lipinski definition) is 4. The van der Waals surface area contributed by atoms with Crippen LogP contribution >= 0.6 is 0 Å². The lowest BCUT2D eigenvalue weighted by molar-refractivity contribution is 0.117. The number of nitrogens with zero attached hydrogens (tertiary/aromatic N) is 2. The molecule has 0 spiro atoms. The Hall–Kier alpha value is -1.11. The highest BCUT2D eigenvalue weighted by Gasteiger charge is 2.40. The van der Waals surface area contributed by atoms with Crippen molar-refractivity contribution < 1.29 is 8.42 Å². The fourth-order valence-corrected chi connectivity index (χ4v) is 5.44. The van der Waals surface area contributed by atoms with Crippen LogP contribution in [0.1, 0.15) is 25.3 Å². The summed E-state index contributed by atoms with van der Waals surface area (Å²) >= 11 is 0. The number of nitrogen functional groups attached to an aromatic ring is 1. The molecule has 0 aromatic heterocycles. The Morgan fingerprint density at radius 1 is 1.29 bits per heavy atom. The molecular formula is C15H23N3O2S. The summed E-state index contributed by atoms with van der Waals surface area (Å²) in [6.45, 7) is 6.33. The van der Waals surface area contributed by atoms with Crippen LogP contribution in [0.3, 0.4) is 0 Å². The molecular weight excluding hydrogens is 286 g/mol. The summed E-state index contributed by atoms with van der Waals surface area (Å²) in [6.07, 6.45) is 2.26. The molecule has 0 aliphatic carbocycles. The van der Waals surface area contributed by atoms with E-state index < -0.39 is 10.0 Å². The molecule has 0 bridgehead atoms. The normalized spacial score (nSPS) is 27.7. The van der Waals surface area contributed by atoms with Crippen molar-refractivity contribution in [3.8, 4) is 0 Å². The summed E-state index contributed by atoms with van der Waals surface area (Å²) in [5.41, 5.74) is 7.03. The van der Waals surface area contributed by atoms with E-state index in [9.17, 15) is 8.42 Å². The first kappa shape index (κ1) is 14.8. The lowest BCUT2D eigenvalue weighted by atomic mass is 10.1. The molecule has 6 heteroatoms. The van der Waals surface area contributed by atoms with E-state index in [1.807, 2.05) is 13.8 Å². The van der Waals surface area contributed by atoms with Crippen LogP contribution in [0.15, 0.2) is 23.1 Å². The average molecular weight is 309 g/mol. The third-order valence-electron chi connectivity index (χ3n) is 4.68. The van der Waals surface area contributed by atoms with Crippen molar-refractivity contribution in [3.63, 3.8) is 0 Å². The minimum atomic E-state index is -3.48. The summed E-state index contributed by atoms with van der Waals surface area (Å²) in [5.74, 6) is 0. The molecule has 2 unspecified atom stereocenters. The lowest BCUT2D eigenvalue weighted by Crippen LogP contribution is -2.56. The third-order valence-corrected chi connectivity index (χ3v) is 6.80. The van der Waals surface area contributed by atoms with Gasteiger partial charge in [0.1, 0.15) is 0 Å². The zero-order valence-electron chi connectivity index (χ0n) is 12.6. The molecule has 2 aliphatic heterocycles. The number of benzene rings is 1. The van der Waals surface area contributed by atoms with Crippen molar-refractivity contribution in [3.05, 3.63) is 23.8 Å². The van der Waals surface area contributed by atoms with Crippen LogP contribution < -0.4 is 5.73 Å². The number of nitrogens with two attached hydrogens (primary N) is 1. The highest BCUT2D eigenvalue weighted by atomic mass is 32.2. The quantitative estimate of drug-likeness (QED) is 0.839. The van der Waals surface area contributed by atoms with Crippen molar-refractivity contribution in [2.45, 2.75) is 43.7 Å². The lowest BCUT2D eigenvalue weighted by Gasteiger charge is -2.41. The molecule has 5 nitrogen and oxygen atoms in total. The zero-order chi connectivity index (χ0) is 15.2. The highest BCUT2D eigenvalue weighted by Crippen LogP contribution is 2.30.